The second kappa shape index (κ2) is 6.19. The zero-order valence-corrected chi connectivity index (χ0v) is 11.3. The molecule has 0 unspecified atom stereocenters. The van der Waals surface area contributed by atoms with Crippen molar-refractivity contribution in [1.29, 1.82) is 0 Å². The highest BCUT2D eigenvalue weighted by Crippen LogP contribution is 2.26. The minimum Gasteiger partial charge on any atom is -0.482 e. The maximum absolute atomic E-state index is 12.2. The van der Waals surface area contributed by atoms with Gasteiger partial charge >= 0.3 is 5.97 Å². The number of carboxylic acid groups (broad SMARTS) is 1. The van der Waals surface area contributed by atoms with Crippen molar-refractivity contribution in [3.63, 3.8) is 0 Å². The maximum Gasteiger partial charge on any atom is 0.341 e. The first-order valence-corrected chi connectivity index (χ1v) is 6.52. The van der Waals surface area contributed by atoms with E-state index in [4.69, 9.17) is 9.84 Å². The maximum atomic E-state index is 12.2. The summed E-state index contributed by atoms with van der Waals surface area (Å²) in [7, 11) is 0. The number of carboxylic acids is 1. The lowest BCUT2D eigenvalue weighted by Crippen LogP contribution is -2.10. The van der Waals surface area contributed by atoms with E-state index in [1.54, 1.807) is 12.1 Å². The number of ether oxygens (including phenoxy) is 1. The summed E-state index contributed by atoms with van der Waals surface area (Å²) < 4.78 is 5.19. The summed E-state index contributed by atoms with van der Waals surface area (Å²) in [6.45, 7) is 1.53. The lowest BCUT2D eigenvalue weighted by Gasteiger charge is -2.10. The van der Waals surface area contributed by atoms with E-state index >= 15 is 0 Å². The van der Waals surface area contributed by atoms with E-state index < -0.39 is 12.6 Å². The summed E-state index contributed by atoms with van der Waals surface area (Å²) in [5.41, 5.74) is 0.588. The summed E-state index contributed by atoms with van der Waals surface area (Å²) in [6.07, 6.45) is 1.24. The predicted molar refractivity (Wildman–Crippen MR) is 76.3 cm³/mol. The molecule has 0 aliphatic carbocycles. The van der Waals surface area contributed by atoms with E-state index in [2.05, 4.69) is 0 Å². The smallest absolute Gasteiger partial charge is 0.341 e. The highest BCUT2D eigenvalue weighted by atomic mass is 16.5. The molecular weight excluding hydrogens is 256 g/mol. The quantitative estimate of drug-likeness (QED) is 0.819. The SMILES string of the molecule is CCCC(=O)c1cc(OCC(=O)O)cc2ccccc12. The third-order valence-corrected chi connectivity index (χ3v) is 2.98. The number of fused-ring (bicyclic) bond motifs is 1. The van der Waals surface area contributed by atoms with Crippen LogP contribution in [-0.2, 0) is 4.79 Å². The lowest BCUT2D eigenvalue weighted by atomic mass is 9.99. The molecule has 1 N–H and O–H groups in total. The second-order valence-electron chi connectivity index (χ2n) is 4.55. The number of hydrogen-bond donors (Lipinski definition) is 1. The Bertz CT molecular complexity index is 646. The Morgan fingerprint density at radius 3 is 2.65 bits per heavy atom. The number of carbonyl (C=O) groups excluding carboxylic acids is 1. The van der Waals surface area contributed by atoms with Crippen LogP contribution in [0.2, 0.25) is 0 Å². The topological polar surface area (TPSA) is 63.6 Å². The summed E-state index contributed by atoms with van der Waals surface area (Å²) in [6, 6.07) is 10.9. The average Bonchev–Trinajstić information content (AvgIpc) is 2.44. The molecule has 0 heterocycles. The zero-order chi connectivity index (χ0) is 14.5. The molecule has 0 saturated carbocycles. The van der Waals surface area contributed by atoms with Gasteiger partial charge in [0.2, 0.25) is 0 Å². The number of ketones is 1. The summed E-state index contributed by atoms with van der Waals surface area (Å²) in [5.74, 6) is -0.588. The van der Waals surface area contributed by atoms with Crippen molar-refractivity contribution >= 4 is 22.5 Å². The van der Waals surface area contributed by atoms with Gasteiger partial charge in [0.25, 0.3) is 0 Å². The van der Waals surface area contributed by atoms with Crippen molar-refractivity contribution in [1.82, 2.24) is 0 Å². The van der Waals surface area contributed by atoms with Crippen LogP contribution in [-0.4, -0.2) is 23.5 Å². The van der Waals surface area contributed by atoms with Crippen molar-refractivity contribution in [3.05, 3.63) is 42.0 Å². The van der Waals surface area contributed by atoms with Crippen molar-refractivity contribution in [2.45, 2.75) is 19.8 Å². The minimum absolute atomic E-state index is 0.0458. The average molecular weight is 272 g/mol. The molecule has 2 aromatic carbocycles. The molecule has 0 bridgehead atoms. The molecular formula is C16H16O4. The van der Waals surface area contributed by atoms with Crippen molar-refractivity contribution < 1.29 is 19.4 Å². The Morgan fingerprint density at radius 2 is 1.95 bits per heavy atom. The van der Waals surface area contributed by atoms with Crippen LogP contribution in [0, 0.1) is 0 Å². The standard InChI is InChI=1S/C16H16O4/c1-2-5-15(17)14-9-12(20-10-16(18)19)8-11-6-3-4-7-13(11)14/h3-4,6-9H,2,5,10H2,1H3,(H,18,19). The molecule has 104 valence electrons. The van der Waals surface area contributed by atoms with E-state index in [9.17, 15) is 9.59 Å². The third kappa shape index (κ3) is 3.15. The fourth-order valence-corrected chi connectivity index (χ4v) is 2.10. The van der Waals surface area contributed by atoms with Crippen molar-refractivity contribution in [2.24, 2.45) is 0 Å². The lowest BCUT2D eigenvalue weighted by molar-refractivity contribution is -0.139. The summed E-state index contributed by atoms with van der Waals surface area (Å²) in [4.78, 5) is 22.7. The van der Waals surface area contributed by atoms with E-state index in [-0.39, 0.29) is 5.78 Å². The Hall–Kier alpha value is -2.36. The first-order chi connectivity index (χ1) is 9.61. The second-order valence-corrected chi connectivity index (χ2v) is 4.55. The molecule has 2 rings (SSSR count). The molecule has 0 aliphatic heterocycles. The van der Waals surface area contributed by atoms with Crippen LogP contribution in [0.3, 0.4) is 0 Å². The molecule has 0 aromatic heterocycles. The van der Waals surface area contributed by atoms with Crippen molar-refractivity contribution in [3.8, 4) is 5.75 Å². The fraction of sp³-hybridized carbons (Fsp3) is 0.250. The van der Waals surface area contributed by atoms with Gasteiger partial charge in [0.1, 0.15) is 5.75 Å². The normalized spacial score (nSPS) is 10.4. The molecule has 0 aliphatic rings. The van der Waals surface area contributed by atoms with Crippen molar-refractivity contribution in [2.75, 3.05) is 6.61 Å². The molecule has 0 spiro atoms. The Morgan fingerprint density at radius 1 is 1.20 bits per heavy atom. The summed E-state index contributed by atoms with van der Waals surface area (Å²) in [5, 5.41) is 10.4. The van der Waals surface area contributed by atoms with E-state index in [1.807, 2.05) is 31.2 Å². The van der Waals surface area contributed by atoms with Gasteiger partial charge < -0.3 is 9.84 Å². The molecule has 4 nitrogen and oxygen atoms in total. The number of rotatable bonds is 6. The van der Waals surface area contributed by atoms with Gasteiger partial charge in [0.15, 0.2) is 12.4 Å². The first-order valence-electron chi connectivity index (χ1n) is 6.52. The van der Waals surface area contributed by atoms with Gasteiger partial charge in [0, 0.05) is 12.0 Å². The number of Topliss-reactive ketones (excluding diaryl/α,β-unsaturated/α-hetero) is 1. The largest absolute Gasteiger partial charge is 0.482 e. The van der Waals surface area contributed by atoms with Crippen LogP contribution in [0.5, 0.6) is 5.75 Å². The van der Waals surface area contributed by atoms with Crippen LogP contribution >= 0.6 is 0 Å². The minimum atomic E-state index is -1.04. The molecule has 0 fully saturated rings. The van der Waals surface area contributed by atoms with Gasteiger partial charge in [-0.05, 0) is 29.3 Å². The number of carbonyl (C=O) groups is 2. The van der Waals surface area contributed by atoms with Crippen LogP contribution in [0.25, 0.3) is 10.8 Å². The van der Waals surface area contributed by atoms with Gasteiger partial charge in [-0.1, -0.05) is 31.2 Å². The number of benzene rings is 2. The van der Waals surface area contributed by atoms with Crippen LogP contribution in [0.4, 0.5) is 0 Å². The van der Waals surface area contributed by atoms with E-state index in [0.717, 1.165) is 17.2 Å². The fourth-order valence-electron chi connectivity index (χ4n) is 2.10. The van der Waals surface area contributed by atoms with Gasteiger partial charge in [0.05, 0.1) is 0 Å². The molecule has 0 amide bonds. The van der Waals surface area contributed by atoms with Crippen LogP contribution in [0.1, 0.15) is 30.1 Å². The molecule has 0 radical (unpaired) electrons. The van der Waals surface area contributed by atoms with Gasteiger partial charge in [-0.25, -0.2) is 4.79 Å². The highest BCUT2D eigenvalue weighted by molar-refractivity contribution is 6.08. The van der Waals surface area contributed by atoms with E-state index in [0.29, 0.717) is 17.7 Å². The molecule has 4 heteroatoms. The molecule has 2 aromatic rings. The van der Waals surface area contributed by atoms with Gasteiger partial charge in [-0.3, -0.25) is 4.79 Å². The number of aliphatic carboxylic acids is 1. The van der Waals surface area contributed by atoms with E-state index in [1.165, 1.54) is 0 Å². The molecule has 0 saturated heterocycles. The third-order valence-electron chi connectivity index (χ3n) is 2.98. The Labute approximate surface area is 117 Å². The Kier molecular flexibility index (Phi) is 4.35. The highest BCUT2D eigenvalue weighted by Gasteiger charge is 2.12. The first kappa shape index (κ1) is 14.1. The molecule has 20 heavy (non-hydrogen) atoms. The zero-order valence-electron chi connectivity index (χ0n) is 11.3. The molecule has 0 atom stereocenters. The van der Waals surface area contributed by atoms with Crippen LogP contribution in [0.15, 0.2) is 36.4 Å². The predicted octanol–water partition coefficient (Wildman–Crippen LogP) is 3.29. The Balaban J connectivity index is 2.46. The summed E-state index contributed by atoms with van der Waals surface area (Å²) >= 11 is 0. The number of hydrogen-bond acceptors (Lipinski definition) is 3. The van der Waals surface area contributed by atoms with Crippen LogP contribution < -0.4 is 4.74 Å². The van der Waals surface area contributed by atoms with Gasteiger partial charge in [-0.2, -0.15) is 0 Å². The van der Waals surface area contributed by atoms with Gasteiger partial charge in [-0.15, -0.1) is 0 Å². The monoisotopic (exact) mass is 272 g/mol.